The van der Waals surface area contributed by atoms with Gasteiger partial charge in [0, 0.05) is 51.4 Å². The largest absolute Gasteiger partial charge is 0.381 e. The first-order valence-electron chi connectivity index (χ1n) is 12.3. The number of nitrogens with one attached hydrogen (secondary N) is 1. The van der Waals surface area contributed by atoms with Crippen LogP contribution >= 0.6 is 0 Å². The number of aromatic nitrogens is 2. The van der Waals surface area contributed by atoms with E-state index in [-0.39, 0.29) is 0 Å². The van der Waals surface area contributed by atoms with Crippen molar-refractivity contribution in [2.24, 2.45) is 0 Å². The molecule has 2 aromatic heterocycles. The van der Waals surface area contributed by atoms with Crippen LogP contribution in [0.1, 0.15) is 41.0 Å². The summed E-state index contributed by atoms with van der Waals surface area (Å²) in [4.78, 5) is 7.51. The number of imidazole rings is 1. The summed E-state index contributed by atoms with van der Waals surface area (Å²) < 4.78 is 7.98. The maximum Gasteiger partial charge on any atom is 0.157 e. The van der Waals surface area contributed by atoms with Crippen molar-refractivity contribution in [1.29, 1.82) is 5.26 Å². The third-order valence-electron chi connectivity index (χ3n) is 7.24. The molecule has 4 aromatic rings. The van der Waals surface area contributed by atoms with Crippen molar-refractivity contribution in [2.45, 2.75) is 25.2 Å². The van der Waals surface area contributed by atoms with Gasteiger partial charge in [-0.2, -0.15) is 5.26 Å². The van der Waals surface area contributed by atoms with Crippen LogP contribution in [0, 0.1) is 11.3 Å². The number of hydrogen-bond acceptors (Lipinski definition) is 5. The molecule has 172 valence electrons. The van der Waals surface area contributed by atoms with Gasteiger partial charge in [-0.15, -0.1) is 0 Å². The summed E-state index contributed by atoms with van der Waals surface area (Å²) in [6, 6.07) is 21.5. The molecule has 6 rings (SSSR count). The van der Waals surface area contributed by atoms with Gasteiger partial charge in [-0.1, -0.05) is 42.5 Å². The number of anilines is 1. The smallest absolute Gasteiger partial charge is 0.157 e. The van der Waals surface area contributed by atoms with Crippen molar-refractivity contribution in [3.8, 4) is 6.07 Å². The highest BCUT2D eigenvalue weighted by Crippen LogP contribution is 2.41. The maximum absolute atomic E-state index is 10.5. The molecule has 0 bridgehead atoms. The molecule has 0 spiro atoms. The molecule has 0 unspecified atom stereocenters. The number of pyridine rings is 1. The first-order valence-corrected chi connectivity index (χ1v) is 12.3. The lowest BCUT2D eigenvalue weighted by atomic mass is 9.83. The molecule has 0 saturated carbocycles. The van der Waals surface area contributed by atoms with Crippen molar-refractivity contribution in [1.82, 2.24) is 14.7 Å². The lowest BCUT2D eigenvalue weighted by molar-refractivity contribution is 0.0851. The highest BCUT2D eigenvalue weighted by Gasteiger charge is 2.31. The molecule has 0 radical (unpaired) electrons. The van der Waals surface area contributed by atoms with Gasteiger partial charge in [0.2, 0.25) is 0 Å². The van der Waals surface area contributed by atoms with Gasteiger partial charge in [0.25, 0.3) is 0 Å². The summed E-state index contributed by atoms with van der Waals surface area (Å²) >= 11 is 0. The molecule has 4 heterocycles. The van der Waals surface area contributed by atoms with Gasteiger partial charge >= 0.3 is 0 Å². The zero-order chi connectivity index (χ0) is 22.9. The molecule has 0 aliphatic carbocycles. The summed E-state index contributed by atoms with van der Waals surface area (Å²) in [6.07, 6.45) is 2.67. The van der Waals surface area contributed by atoms with Crippen LogP contribution in [0.2, 0.25) is 0 Å². The Morgan fingerprint density at radius 2 is 1.74 bits per heavy atom. The molecule has 34 heavy (non-hydrogen) atoms. The Balaban J connectivity index is 1.71. The van der Waals surface area contributed by atoms with Gasteiger partial charge in [-0.25, -0.2) is 4.98 Å². The van der Waals surface area contributed by atoms with E-state index >= 15 is 0 Å². The number of piperazine rings is 1. The van der Waals surface area contributed by atoms with Crippen LogP contribution < -0.4 is 10.2 Å². The van der Waals surface area contributed by atoms with Crippen LogP contribution in [-0.4, -0.2) is 48.8 Å². The summed E-state index contributed by atoms with van der Waals surface area (Å²) in [6.45, 7) is 5.25. The van der Waals surface area contributed by atoms with Gasteiger partial charge in [-0.05, 0) is 42.0 Å². The van der Waals surface area contributed by atoms with Crippen LogP contribution in [0.3, 0.4) is 0 Å². The molecule has 2 fully saturated rings. The lowest BCUT2D eigenvalue weighted by Crippen LogP contribution is -2.45. The number of ether oxygens (including phenoxy) is 1. The molecule has 0 amide bonds. The van der Waals surface area contributed by atoms with Crippen molar-refractivity contribution in [3.63, 3.8) is 0 Å². The number of benzene rings is 2. The van der Waals surface area contributed by atoms with Gasteiger partial charge < -0.3 is 15.0 Å². The number of rotatable bonds is 4. The van der Waals surface area contributed by atoms with E-state index in [9.17, 15) is 5.26 Å². The SMILES string of the molecule is N#Cc1c(C2CCOCC2)c(Cc2ccccc2)c(N2CCNCC2)n2c1nc1ccccc12. The molecule has 1 N–H and O–H groups in total. The van der Waals surface area contributed by atoms with Crippen LogP contribution in [0.25, 0.3) is 16.7 Å². The summed E-state index contributed by atoms with van der Waals surface area (Å²) in [5.74, 6) is 1.50. The van der Waals surface area contributed by atoms with E-state index in [4.69, 9.17) is 9.72 Å². The molecule has 6 nitrogen and oxygen atoms in total. The highest BCUT2D eigenvalue weighted by atomic mass is 16.5. The Kier molecular flexibility index (Phi) is 5.66. The molecular formula is C28H29N5O. The molecule has 0 atom stereocenters. The average molecular weight is 452 g/mol. The van der Waals surface area contributed by atoms with Crippen molar-refractivity contribution >= 4 is 22.5 Å². The minimum Gasteiger partial charge on any atom is -0.381 e. The van der Waals surface area contributed by atoms with E-state index in [1.807, 2.05) is 6.07 Å². The predicted octanol–water partition coefficient (Wildman–Crippen LogP) is 4.25. The standard InChI is InChI=1S/C28H29N5O/c29-19-23-26(21-10-16-34-17-11-21)22(18-20-6-2-1-3-7-20)28(32-14-12-30-13-15-32)33-25-9-5-4-8-24(25)31-27(23)33/h1-9,21,30H,10-18H2. The van der Waals surface area contributed by atoms with E-state index in [0.717, 1.165) is 80.9 Å². The van der Waals surface area contributed by atoms with E-state index in [1.165, 1.54) is 22.5 Å². The Morgan fingerprint density at radius 3 is 2.50 bits per heavy atom. The highest BCUT2D eigenvalue weighted by molar-refractivity contribution is 5.86. The quantitative estimate of drug-likeness (QED) is 0.502. The third-order valence-corrected chi connectivity index (χ3v) is 7.24. The molecule has 2 saturated heterocycles. The second-order valence-electron chi connectivity index (χ2n) is 9.25. The van der Waals surface area contributed by atoms with Gasteiger partial charge in [0.15, 0.2) is 5.65 Å². The van der Waals surface area contributed by atoms with Crippen LogP contribution in [0.15, 0.2) is 54.6 Å². The fourth-order valence-electron chi connectivity index (χ4n) is 5.67. The Morgan fingerprint density at radius 1 is 1.00 bits per heavy atom. The third kappa shape index (κ3) is 3.62. The first kappa shape index (κ1) is 21.2. The van der Waals surface area contributed by atoms with Gasteiger partial charge in [0.1, 0.15) is 11.9 Å². The van der Waals surface area contributed by atoms with Crippen LogP contribution in [0.5, 0.6) is 0 Å². The van der Waals surface area contributed by atoms with E-state index < -0.39 is 0 Å². The second kappa shape index (κ2) is 9.09. The zero-order valence-corrected chi connectivity index (χ0v) is 19.3. The predicted molar refractivity (Wildman–Crippen MR) is 135 cm³/mol. The monoisotopic (exact) mass is 451 g/mol. The number of nitrogens with zero attached hydrogens (tertiary/aromatic N) is 4. The normalized spacial score (nSPS) is 17.3. The molecular weight excluding hydrogens is 422 g/mol. The fraction of sp³-hybridized carbons (Fsp3) is 0.357. The minimum absolute atomic E-state index is 0.300. The molecule has 6 heteroatoms. The molecule has 2 aliphatic heterocycles. The van der Waals surface area contributed by atoms with Gasteiger partial charge in [0.05, 0.1) is 16.6 Å². The average Bonchev–Trinajstić information content (AvgIpc) is 3.29. The maximum atomic E-state index is 10.5. The number of hydrogen-bond donors (Lipinski definition) is 1. The Hall–Kier alpha value is -3.40. The topological polar surface area (TPSA) is 65.6 Å². The number of fused-ring (bicyclic) bond motifs is 3. The van der Waals surface area contributed by atoms with E-state index in [1.54, 1.807) is 0 Å². The van der Waals surface area contributed by atoms with Crippen molar-refractivity contribution in [2.75, 3.05) is 44.3 Å². The summed E-state index contributed by atoms with van der Waals surface area (Å²) in [5, 5.41) is 14.0. The Bertz CT molecular complexity index is 1360. The van der Waals surface area contributed by atoms with E-state index in [2.05, 4.69) is 69.2 Å². The van der Waals surface area contributed by atoms with Crippen molar-refractivity contribution in [3.05, 3.63) is 76.9 Å². The Labute approximate surface area is 199 Å². The number of para-hydroxylation sites is 2. The first-order chi connectivity index (χ1) is 16.8. The van der Waals surface area contributed by atoms with E-state index in [0.29, 0.717) is 5.92 Å². The van der Waals surface area contributed by atoms with Crippen molar-refractivity contribution < 1.29 is 4.74 Å². The number of nitriles is 1. The van der Waals surface area contributed by atoms with Crippen LogP contribution in [0.4, 0.5) is 5.82 Å². The minimum atomic E-state index is 0.300. The zero-order valence-electron chi connectivity index (χ0n) is 19.3. The lowest BCUT2D eigenvalue weighted by Gasteiger charge is -2.35. The molecule has 2 aliphatic rings. The van der Waals surface area contributed by atoms with Crippen LogP contribution in [-0.2, 0) is 11.2 Å². The summed E-state index contributed by atoms with van der Waals surface area (Å²) in [7, 11) is 0. The van der Waals surface area contributed by atoms with Gasteiger partial charge in [-0.3, -0.25) is 4.40 Å². The molecule has 2 aromatic carbocycles. The second-order valence-corrected chi connectivity index (χ2v) is 9.25. The summed E-state index contributed by atoms with van der Waals surface area (Å²) in [5.41, 5.74) is 7.24. The fourth-order valence-corrected chi connectivity index (χ4v) is 5.67.